The van der Waals surface area contributed by atoms with E-state index in [-0.39, 0.29) is 5.91 Å². The lowest BCUT2D eigenvalue weighted by molar-refractivity contribution is -0.128. The van der Waals surface area contributed by atoms with Gasteiger partial charge >= 0.3 is 0 Å². The van der Waals surface area contributed by atoms with E-state index in [0.717, 1.165) is 23.2 Å². The molecule has 0 radical (unpaired) electrons. The number of nitrogens with one attached hydrogen (secondary N) is 1. The van der Waals surface area contributed by atoms with Gasteiger partial charge in [-0.15, -0.1) is 10.2 Å². The lowest BCUT2D eigenvalue weighted by Gasteiger charge is -2.25. The van der Waals surface area contributed by atoms with Crippen molar-refractivity contribution in [2.45, 2.75) is 12.5 Å². The molecule has 2 heterocycles. The van der Waals surface area contributed by atoms with Gasteiger partial charge in [0.15, 0.2) is 6.10 Å². The van der Waals surface area contributed by atoms with E-state index in [2.05, 4.69) is 15.5 Å². The Bertz CT molecular complexity index is 860. The second-order valence-electron chi connectivity index (χ2n) is 5.55. The molecule has 0 spiro atoms. The molecule has 1 aromatic heterocycles. The predicted molar refractivity (Wildman–Crippen MR) is 88.8 cm³/mol. The Balaban J connectivity index is 1.60. The number of amides is 1. The number of fused-ring (bicyclic) bond motifs is 1. The van der Waals surface area contributed by atoms with Gasteiger partial charge in [-0.05, 0) is 29.7 Å². The van der Waals surface area contributed by atoms with E-state index < -0.39 is 6.10 Å². The first-order valence-electron chi connectivity index (χ1n) is 7.78. The fourth-order valence-electron chi connectivity index (χ4n) is 2.88. The molecule has 1 aliphatic rings. The van der Waals surface area contributed by atoms with Crippen molar-refractivity contribution >= 4 is 11.9 Å². The molecular weight excluding hydrogens is 304 g/mol. The van der Waals surface area contributed by atoms with Gasteiger partial charge in [0.25, 0.3) is 5.91 Å². The number of para-hydroxylation sites is 1. The van der Waals surface area contributed by atoms with Crippen molar-refractivity contribution in [3.05, 3.63) is 72.1 Å². The number of anilines is 1. The molecule has 6 heteroatoms. The van der Waals surface area contributed by atoms with Gasteiger partial charge < -0.3 is 4.74 Å². The van der Waals surface area contributed by atoms with Crippen LogP contribution in [0.3, 0.4) is 0 Å². The number of nitrogens with zero attached hydrogens (tertiary/aromatic N) is 3. The standard InChI is InChI=1S/C18H16N4O2/c23-17(16-15-9-5-4-6-13(15)10-11-24-16)20-18-21-19-12-22(18)14-7-2-1-3-8-14/h1-9,12,16H,10-11H2,(H,20,21,23)/t16-/m0/s1. The molecule has 0 saturated heterocycles. The van der Waals surface area contributed by atoms with E-state index in [1.165, 1.54) is 0 Å². The maximum Gasteiger partial charge on any atom is 0.260 e. The fourth-order valence-corrected chi connectivity index (χ4v) is 2.88. The number of benzene rings is 2. The minimum atomic E-state index is -0.629. The number of carbonyl (C=O) groups excluding carboxylic acids is 1. The summed E-state index contributed by atoms with van der Waals surface area (Å²) in [5, 5.41) is 10.7. The van der Waals surface area contributed by atoms with E-state index in [9.17, 15) is 4.79 Å². The van der Waals surface area contributed by atoms with Gasteiger partial charge in [-0.1, -0.05) is 42.5 Å². The molecule has 0 saturated carbocycles. The maximum atomic E-state index is 12.7. The van der Waals surface area contributed by atoms with E-state index in [1.807, 2.05) is 54.6 Å². The molecule has 0 unspecified atom stereocenters. The summed E-state index contributed by atoms with van der Waals surface area (Å²) < 4.78 is 7.42. The summed E-state index contributed by atoms with van der Waals surface area (Å²) in [6.07, 6.45) is 1.76. The highest BCUT2D eigenvalue weighted by molar-refractivity contribution is 5.94. The molecule has 6 nitrogen and oxygen atoms in total. The minimum Gasteiger partial charge on any atom is -0.363 e. The normalized spacial score (nSPS) is 16.4. The molecule has 2 aromatic carbocycles. The third-order valence-corrected chi connectivity index (χ3v) is 4.05. The molecular formula is C18H16N4O2. The number of ether oxygens (including phenoxy) is 1. The van der Waals surface area contributed by atoms with Gasteiger partial charge in [-0.25, -0.2) is 0 Å². The van der Waals surface area contributed by atoms with Crippen molar-refractivity contribution in [1.82, 2.24) is 14.8 Å². The van der Waals surface area contributed by atoms with Gasteiger partial charge in [0.1, 0.15) is 6.33 Å². The highest BCUT2D eigenvalue weighted by atomic mass is 16.5. The average molecular weight is 320 g/mol. The summed E-state index contributed by atoms with van der Waals surface area (Å²) in [5.74, 6) is 0.130. The Hall–Kier alpha value is -2.99. The van der Waals surface area contributed by atoms with Crippen LogP contribution in [0.25, 0.3) is 5.69 Å². The summed E-state index contributed by atoms with van der Waals surface area (Å²) in [7, 11) is 0. The highest BCUT2D eigenvalue weighted by Crippen LogP contribution is 2.28. The first-order chi connectivity index (χ1) is 11.8. The second kappa shape index (κ2) is 6.25. The fraction of sp³-hybridized carbons (Fsp3) is 0.167. The molecule has 0 fully saturated rings. The van der Waals surface area contributed by atoms with Gasteiger partial charge in [0, 0.05) is 0 Å². The van der Waals surface area contributed by atoms with E-state index in [0.29, 0.717) is 12.6 Å². The van der Waals surface area contributed by atoms with Gasteiger partial charge in [-0.3, -0.25) is 14.7 Å². The van der Waals surface area contributed by atoms with Crippen LogP contribution in [-0.2, 0) is 16.0 Å². The molecule has 1 atom stereocenters. The number of aromatic nitrogens is 3. The van der Waals surface area contributed by atoms with Crippen LogP contribution in [0.2, 0.25) is 0 Å². The molecule has 1 amide bonds. The summed E-state index contributed by atoms with van der Waals surface area (Å²) in [5.41, 5.74) is 2.93. The molecule has 24 heavy (non-hydrogen) atoms. The first-order valence-corrected chi connectivity index (χ1v) is 7.78. The van der Waals surface area contributed by atoms with Crippen molar-refractivity contribution in [3.63, 3.8) is 0 Å². The lowest BCUT2D eigenvalue weighted by atomic mass is 9.97. The zero-order valence-corrected chi connectivity index (χ0v) is 12.9. The van der Waals surface area contributed by atoms with Crippen LogP contribution in [0, 0.1) is 0 Å². The number of carbonyl (C=O) groups is 1. The Morgan fingerprint density at radius 1 is 1.12 bits per heavy atom. The zero-order chi connectivity index (χ0) is 16.4. The molecule has 1 aliphatic heterocycles. The summed E-state index contributed by atoms with van der Waals surface area (Å²) in [6, 6.07) is 17.5. The van der Waals surface area contributed by atoms with Gasteiger partial charge in [0.2, 0.25) is 5.95 Å². The van der Waals surface area contributed by atoms with E-state index >= 15 is 0 Å². The van der Waals surface area contributed by atoms with Crippen molar-refractivity contribution < 1.29 is 9.53 Å². The van der Waals surface area contributed by atoms with Crippen LogP contribution in [0.4, 0.5) is 5.95 Å². The van der Waals surface area contributed by atoms with Gasteiger partial charge in [-0.2, -0.15) is 0 Å². The van der Waals surface area contributed by atoms with Crippen LogP contribution in [-0.4, -0.2) is 27.3 Å². The van der Waals surface area contributed by atoms with Crippen LogP contribution in [0.5, 0.6) is 0 Å². The quantitative estimate of drug-likeness (QED) is 0.805. The summed E-state index contributed by atoms with van der Waals surface area (Å²) in [4.78, 5) is 12.7. The smallest absolute Gasteiger partial charge is 0.260 e. The minimum absolute atomic E-state index is 0.243. The lowest BCUT2D eigenvalue weighted by Crippen LogP contribution is -2.29. The highest BCUT2D eigenvalue weighted by Gasteiger charge is 2.28. The zero-order valence-electron chi connectivity index (χ0n) is 12.9. The summed E-state index contributed by atoms with van der Waals surface area (Å²) >= 11 is 0. The monoisotopic (exact) mass is 320 g/mol. The van der Waals surface area contributed by atoms with Crippen LogP contribution >= 0.6 is 0 Å². The SMILES string of the molecule is O=C(Nc1nncn1-c1ccccc1)[C@H]1OCCc2ccccc21. The van der Waals surface area contributed by atoms with E-state index in [1.54, 1.807) is 10.9 Å². The Morgan fingerprint density at radius 3 is 2.79 bits per heavy atom. The first kappa shape index (κ1) is 14.6. The Morgan fingerprint density at radius 2 is 1.92 bits per heavy atom. The number of hydrogen-bond donors (Lipinski definition) is 1. The predicted octanol–water partition coefficient (Wildman–Crippen LogP) is 2.52. The third-order valence-electron chi connectivity index (χ3n) is 4.05. The van der Waals surface area contributed by atoms with Crippen LogP contribution in [0.1, 0.15) is 17.2 Å². The molecule has 120 valence electrons. The van der Waals surface area contributed by atoms with Crippen molar-refractivity contribution in [3.8, 4) is 5.69 Å². The molecule has 4 rings (SSSR count). The van der Waals surface area contributed by atoms with E-state index in [4.69, 9.17) is 4.74 Å². The molecule has 0 bridgehead atoms. The molecule has 1 N–H and O–H groups in total. The van der Waals surface area contributed by atoms with Crippen molar-refractivity contribution in [1.29, 1.82) is 0 Å². The third kappa shape index (κ3) is 2.68. The Labute approximate surface area is 139 Å². The van der Waals surface area contributed by atoms with Crippen molar-refractivity contribution in [2.75, 3.05) is 11.9 Å². The molecule has 3 aromatic rings. The van der Waals surface area contributed by atoms with Crippen molar-refractivity contribution in [2.24, 2.45) is 0 Å². The van der Waals surface area contributed by atoms with Gasteiger partial charge in [0.05, 0.1) is 12.3 Å². The molecule has 0 aliphatic carbocycles. The second-order valence-corrected chi connectivity index (χ2v) is 5.55. The summed E-state index contributed by atoms with van der Waals surface area (Å²) in [6.45, 7) is 0.528. The Kier molecular flexibility index (Phi) is 3.80. The largest absolute Gasteiger partial charge is 0.363 e. The average Bonchev–Trinajstić information content (AvgIpc) is 3.10. The van der Waals surface area contributed by atoms with Crippen LogP contribution < -0.4 is 5.32 Å². The maximum absolute atomic E-state index is 12.7. The van der Waals surface area contributed by atoms with Crippen LogP contribution in [0.15, 0.2) is 60.9 Å². The number of rotatable bonds is 3. The number of hydrogen-bond acceptors (Lipinski definition) is 4. The topological polar surface area (TPSA) is 69.0 Å².